The highest BCUT2D eigenvalue weighted by Gasteiger charge is 2.14. The molecule has 110 valence electrons. The van der Waals surface area contributed by atoms with Gasteiger partial charge < -0.3 is 10.4 Å². The number of hydrogen-bond acceptors (Lipinski definition) is 3. The number of thioether (sulfide) groups is 1. The summed E-state index contributed by atoms with van der Waals surface area (Å²) in [6.45, 7) is 1.98. The molecule has 1 aromatic carbocycles. The number of carboxylic acids is 1. The van der Waals surface area contributed by atoms with Crippen LogP contribution in [0, 0.1) is 0 Å². The van der Waals surface area contributed by atoms with Crippen LogP contribution in [0.5, 0.6) is 0 Å². The molecule has 4 nitrogen and oxygen atoms in total. The third-order valence-corrected chi connectivity index (χ3v) is 3.78. The molecule has 20 heavy (non-hydrogen) atoms. The standard InChI is InChI=1S/C15H21NO3S/c1-2-6-12(11-15(18)19)16-14(17)9-10-20-13-7-4-3-5-8-13/h3-5,7-8,12H,2,6,9-11H2,1H3,(H,16,17)(H,18,19). The Morgan fingerprint density at radius 1 is 1.30 bits per heavy atom. The van der Waals surface area contributed by atoms with Gasteiger partial charge in [-0.1, -0.05) is 31.5 Å². The van der Waals surface area contributed by atoms with E-state index < -0.39 is 5.97 Å². The van der Waals surface area contributed by atoms with Crippen molar-refractivity contribution in [2.24, 2.45) is 0 Å². The highest BCUT2D eigenvalue weighted by Crippen LogP contribution is 2.17. The minimum Gasteiger partial charge on any atom is -0.481 e. The quantitative estimate of drug-likeness (QED) is 0.687. The van der Waals surface area contributed by atoms with Crippen LogP contribution in [0.15, 0.2) is 35.2 Å². The number of carboxylic acid groups (broad SMARTS) is 1. The average Bonchev–Trinajstić information content (AvgIpc) is 2.39. The molecule has 0 bridgehead atoms. The molecule has 0 aliphatic heterocycles. The van der Waals surface area contributed by atoms with Crippen molar-refractivity contribution in [1.82, 2.24) is 5.32 Å². The second kappa shape index (κ2) is 9.42. The summed E-state index contributed by atoms with van der Waals surface area (Å²) in [7, 11) is 0. The highest BCUT2D eigenvalue weighted by molar-refractivity contribution is 7.99. The molecule has 0 radical (unpaired) electrons. The summed E-state index contributed by atoms with van der Waals surface area (Å²) >= 11 is 1.63. The molecule has 0 aliphatic carbocycles. The van der Waals surface area contributed by atoms with Gasteiger partial charge in [-0.2, -0.15) is 0 Å². The SMILES string of the molecule is CCCC(CC(=O)O)NC(=O)CCSc1ccccc1. The Labute approximate surface area is 124 Å². The molecule has 0 saturated heterocycles. The number of benzene rings is 1. The summed E-state index contributed by atoms with van der Waals surface area (Å²) in [5.41, 5.74) is 0. The molecule has 0 aromatic heterocycles. The lowest BCUT2D eigenvalue weighted by Crippen LogP contribution is -2.36. The second-order valence-corrected chi connectivity index (χ2v) is 5.73. The van der Waals surface area contributed by atoms with Crippen molar-refractivity contribution in [1.29, 1.82) is 0 Å². The molecule has 0 heterocycles. The van der Waals surface area contributed by atoms with Gasteiger partial charge in [-0.3, -0.25) is 9.59 Å². The maximum atomic E-state index is 11.8. The number of amides is 1. The van der Waals surface area contributed by atoms with Crippen molar-refractivity contribution >= 4 is 23.6 Å². The number of aliphatic carboxylic acids is 1. The van der Waals surface area contributed by atoms with E-state index in [1.807, 2.05) is 37.3 Å². The molecule has 0 saturated carbocycles. The van der Waals surface area contributed by atoms with E-state index >= 15 is 0 Å². The van der Waals surface area contributed by atoms with E-state index in [4.69, 9.17) is 5.11 Å². The van der Waals surface area contributed by atoms with Crippen molar-refractivity contribution in [3.63, 3.8) is 0 Å². The molecule has 1 aromatic rings. The number of rotatable bonds is 9. The fourth-order valence-electron chi connectivity index (χ4n) is 1.86. The van der Waals surface area contributed by atoms with Crippen LogP contribution in [0.3, 0.4) is 0 Å². The third-order valence-electron chi connectivity index (χ3n) is 2.76. The third kappa shape index (κ3) is 7.19. The zero-order valence-corrected chi connectivity index (χ0v) is 12.5. The average molecular weight is 295 g/mol. The van der Waals surface area contributed by atoms with Crippen LogP contribution in [0.4, 0.5) is 0 Å². The van der Waals surface area contributed by atoms with Gasteiger partial charge >= 0.3 is 5.97 Å². The van der Waals surface area contributed by atoms with Crippen molar-refractivity contribution in [2.75, 3.05) is 5.75 Å². The normalized spacial score (nSPS) is 11.8. The van der Waals surface area contributed by atoms with E-state index in [0.29, 0.717) is 18.6 Å². The summed E-state index contributed by atoms with van der Waals surface area (Å²) in [6, 6.07) is 9.64. The van der Waals surface area contributed by atoms with Gasteiger partial charge in [0.1, 0.15) is 0 Å². The van der Waals surface area contributed by atoms with Gasteiger partial charge in [-0.05, 0) is 18.6 Å². The Kier molecular flexibility index (Phi) is 7.80. The topological polar surface area (TPSA) is 66.4 Å². The molecule has 1 unspecified atom stereocenters. The largest absolute Gasteiger partial charge is 0.481 e. The lowest BCUT2D eigenvalue weighted by molar-refractivity contribution is -0.137. The summed E-state index contributed by atoms with van der Waals surface area (Å²) in [5, 5.41) is 11.6. The van der Waals surface area contributed by atoms with Crippen LogP contribution >= 0.6 is 11.8 Å². The lowest BCUT2D eigenvalue weighted by atomic mass is 10.1. The molecule has 2 N–H and O–H groups in total. The molecule has 0 fully saturated rings. The summed E-state index contributed by atoms with van der Waals surface area (Å²) in [4.78, 5) is 23.6. The van der Waals surface area contributed by atoms with E-state index in [2.05, 4.69) is 5.32 Å². The van der Waals surface area contributed by atoms with Crippen molar-refractivity contribution in [3.05, 3.63) is 30.3 Å². The van der Waals surface area contributed by atoms with Crippen molar-refractivity contribution < 1.29 is 14.7 Å². The monoisotopic (exact) mass is 295 g/mol. The molecule has 0 spiro atoms. The lowest BCUT2D eigenvalue weighted by Gasteiger charge is -2.15. The minimum absolute atomic E-state index is 0.00852. The zero-order chi connectivity index (χ0) is 14.8. The molecule has 5 heteroatoms. The maximum Gasteiger partial charge on any atom is 0.305 e. The van der Waals surface area contributed by atoms with Gasteiger partial charge in [0, 0.05) is 23.1 Å². The van der Waals surface area contributed by atoms with Crippen LogP contribution < -0.4 is 5.32 Å². The predicted molar refractivity (Wildman–Crippen MR) is 80.9 cm³/mol. The van der Waals surface area contributed by atoms with Gasteiger partial charge in [0.05, 0.1) is 6.42 Å². The zero-order valence-electron chi connectivity index (χ0n) is 11.7. The van der Waals surface area contributed by atoms with Crippen LogP contribution in [-0.2, 0) is 9.59 Å². The van der Waals surface area contributed by atoms with Crippen LogP contribution in [0.2, 0.25) is 0 Å². The van der Waals surface area contributed by atoms with E-state index in [-0.39, 0.29) is 18.4 Å². The van der Waals surface area contributed by atoms with E-state index in [1.165, 1.54) is 0 Å². The molecule has 0 aliphatic rings. The van der Waals surface area contributed by atoms with E-state index in [1.54, 1.807) is 11.8 Å². The summed E-state index contributed by atoms with van der Waals surface area (Å²) in [6.07, 6.45) is 1.95. The first kappa shape index (κ1) is 16.6. The number of nitrogens with one attached hydrogen (secondary N) is 1. The van der Waals surface area contributed by atoms with Gasteiger partial charge in [0.25, 0.3) is 0 Å². The highest BCUT2D eigenvalue weighted by atomic mass is 32.2. The van der Waals surface area contributed by atoms with Crippen LogP contribution in [0.25, 0.3) is 0 Å². The number of hydrogen-bond donors (Lipinski definition) is 2. The molecular formula is C15H21NO3S. The second-order valence-electron chi connectivity index (χ2n) is 4.56. The van der Waals surface area contributed by atoms with E-state index in [0.717, 1.165) is 11.3 Å². The molecule has 1 atom stereocenters. The smallest absolute Gasteiger partial charge is 0.305 e. The van der Waals surface area contributed by atoms with Gasteiger partial charge in [0.15, 0.2) is 0 Å². The van der Waals surface area contributed by atoms with Gasteiger partial charge in [-0.25, -0.2) is 0 Å². The first-order valence-electron chi connectivity index (χ1n) is 6.80. The van der Waals surface area contributed by atoms with Gasteiger partial charge in [0.2, 0.25) is 5.91 Å². The number of carbonyl (C=O) groups is 2. The van der Waals surface area contributed by atoms with Crippen LogP contribution in [-0.4, -0.2) is 28.8 Å². The van der Waals surface area contributed by atoms with Crippen LogP contribution in [0.1, 0.15) is 32.6 Å². The Balaban J connectivity index is 2.29. The summed E-state index contributed by atoms with van der Waals surface area (Å²) in [5.74, 6) is -0.252. The summed E-state index contributed by atoms with van der Waals surface area (Å²) < 4.78 is 0. The maximum absolute atomic E-state index is 11.8. The number of carbonyl (C=O) groups excluding carboxylic acids is 1. The van der Waals surface area contributed by atoms with Gasteiger partial charge in [-0.15, -0.1) is 11.8 Å². The Bertz CT molecular complexity index is 422. The molecule has 1 amide bonds. The first-order chi connectivity index (χ1) is 9.61. The first-order valence-corrected chi connectivity index (χ1v) is 7.79. The fraction of sp³-hybridized carbons (Fsp3) is 0.467. The Morgan fingerprint density at radius 3 is 2.60 bits per heavy atom. The van der Waals surface area contributed by atoms with E-state index in [9.17, 15) is 9.59 Å². The fourth-order valence-corrected chi connectivity index (χ4v) is 2.74. The van der Waals surface area contributed by atoms with Crippen molar-refractivity contribution in [3.8, 4) is 0 Å². The van der Waals surface area contributed by atoms with Crippen molar-refractivity contribution in [2.45, 2.75) is 43.5 Å². The molecular weight excluding hydrogens is 274 g/mol. The predicted octanol–water partition coefficient (Wildman–Crippen LogP) is 2.93. The minimum atomic E-state index is -0.873. The Morgan fingerprint density at radius 2 is 2.00 bits per heavy atom. The Hall–Kier alpha value is -1.49. The molecule has 1 rings (SSSR count).